The number of rotatable bonds is 4. The second-order valence-corrected chi connectivity index (χ2v) is 3.19. The fourth-order valence-electron chi connectivity index (χ4n) is 1.27. The third kappa shape index (κ3) is 3.90. The fourth-order valence-corrected chi connectivity index (χ4v) is 1.27. The van der Waals surface area contributed by atoms with Crippen LogP contribution in [0.25, 0.3) is 0 Å². The van der Waals surface area contributed by atoms with Crippen molar-refractivity contribution in [2.24, 2.45) is 5.73 Å². The predicted octanol–water partition coefficient (Wildman–Crippen LogP) is 2.52. The van der Waals surface area contributed by atoms with Gasteiger partial charge in [0.05, 0.1) is 0 Å². The molecule has 1 nitrogen and oxygen atoms in total. The first-order valence-corrected chi connectivity index (χ1v) is 4.79. The van der Waals surface area contributed by atoms with Gasteiger partial charge in [-0.05, 0) is 18.4 Å². The van der Waals surface area contributed by atoms with Gasteiger partial charge < -0.3 is 5.73 Å². The second kappa shape index (κ2) is 5.55. The van der Waals surface area contributed by atoms with Crippen molar-refractivity contribution in [3.63, 3.8) is 0 Å². The molecule has 0 fully saturated rings. The highest BCUT2D eigenvalue weighted by Crippen LogP contribution is 2.02. The number of hydrogen-bond acceptors (Lipinski definition) is 1. The summed E-state index contributed by atoms with van der Waals surface area (Å²) in [5.41, 5.74) is 7.21. The van der Waals surface area contributed by atoms with E-state index in [4.69, 9.17) is 5.73 Å². The first kappa shape index (κ1) is 10.0. The van der Waals surface area contributed by atoms with E-state index in [1.165, 1.54) is 5.56 Å². The van der Waals surface area contributed by atoms with Gasteiger partial charge >= 0.3 is 0 Å². The molecule has 2 N–H and O–H groups in total. The number of nitrogens with two attached hydrogens (primary N) is 1. The summed E-state index contributed by atoms with van der Waals surface area (Å²) in [7, 11) is 0. The van der Waals surface area contributed by atoms with E-state index in [-0.39, 0.29) is 6.04 Å². The summed E-state index contributed by atoms with van der Waals surface area (Å²) in [6.07, 6.45) is 6.18. The highest BCUT2D eigenvalue weighted by atomic mass is 14.6. The lowest BCUT2D eigenvalue weighted by Crippen LogP contribution is -2.19. The third-order valence-corrected chi connectivity index (χ3v) is 1.93. The molecule has 0 spiro atoms. The second-order valence-electron chi connectivity index (χ2n) is 3.19. The Morgan fingerprint density at radius 1 is 1.31 bits per heavy atom. The molecule has 0 amide bonds. The Labute approximate surface area is 80.3 Å². The average Bonchev–Trinajstić information content (AvgIpc) is 2.16. The van der Waals surface area contributed by atoms with Crippen molar-refractivity contribution < 1.29 is 0 Å². The first-order valence-electron chi connectivity index (χ1n) is 4.79. The maximum Gasteiger partial charge on any atom is 0.0264 e. The number of hydrogen-bond donors (Lipinski definition) is 1. The van der Waals surface area contributed by atoms with Gasteiger partial charge in [0, 0.05) is 6.04 Å². The molecule has 0 aliphatic rings. The maximum absolute atomic E-state index is 5.90. The van der Waals surface area contributed by atoms with Crippen molar-refractivity contribution in [3.8, 4) is 0 Å². The van der Waals surface area contributed by atoms with Crippen molar-refractivity contribution in [2.45, 2.75) is 25.8 Å². The highest BCUT2D eigenvalue weighted by Gasteiger charge is 1.97. The standard InChI is InChI=1S/C12H17N/c1-2-3-9-12(13)10-11-7-5-4-6-8-11/h3-9,12H,2,10,13H2,1H3. The van der Waals surface area contributed by atoms with E-state index < -0.39 is 0 Å². The number of allylic oxidation sites excluding steroid dienone is 1. The molecule has 0 aliphatic heterocycles. The lowest BCUT2D eigenvalue weighted by molar-refractivity contribution is 0.806. The van der Waals surface area contributed by atoms with Crippen LogP contribution in [0.2, 0.25) is 0 Å². The molecule has 1 aromatic carbocycles. The molecule has 0 radical (unpaired) electrons. The summed E-state index contributed by atoms with van der Waals surface area (Å²) in [6.45, 7) is 2.12. The Morgan fingerprint density at radius 3 is 2.62 bits per heavy atom. The molecule has 1 atom stereocenters. The largest absolute Gasteiger partial charge is 0.324 e. The zero-order valence-electron chi connectivity index (χ0n) is 8.11. The van der Waals surface area contributed by atoms with Gasteiger partial charge in [-0.2, -0.15) is 0 Å². The molecule has 0 aromatic heterocycles. The van der Waals surface area contributed by atoms with Gasteiger partial charge in [-0.15, -0.1) is 0 Å². The van der Waals surface area contributed by atoms with Gasteiger partial charge in [0.2, 0.25) is 0 Å². The van der Waals surface area contributed by atoms with E-state index in [9.17, 15) is 0 Å². The maximum atomic E-state index is 5.90. The van der Waals surface area contributed by atoms with Crippen molar-refractivity contribution in [1.29, 1.82) is 0 Å². The summed E-state index contributed by atoms with van der Waals surface area (Å²) in [6, 6.07) is 10.5. The Bertz CT molecular complexity index is 251. The Balaban J connectivity index is 2.45. The molecule has 70 valence electrons. The van der Waals surface area contributed by atoms with E-state index in [1.54, 1.807) is 0 Å². The van der Waals surface area contributed by atoms with Gasteiger partial charge in [-0.25, -0.2) is 0 Å². The summed E-state index contributed by atoms with van der Waals surface area (Å²) in [4.78, 5) is 0. The molecule has 1 unspecified atom stereocenters. The first-order chi connectivity index (χ1) is 6.33. The van der Waals surface area contributed by atoms with Gasteiger partial charge in [0.15, 0.2) is 0 Å². The van der Waals surface area contributed by atoms with Crippen LogP contribution in [-0.4, -0.2) is 6.04 Å². The van der Waals surface area contributed by atoms with Crippen LogP contribution in [0.4, 0.5) is 0 Å². The van der Waals surface area contributed by atoms with Crippen LogP contribution in [0.5, 0.6) is 0 Å². The van der Waals surface area contributed by atoms with Gasteiger partial charge in [0.1, 0.15) is 0 Å². The molecule has 1 aromatic rings. The minimum Gasteiger partial charge on any atom is -0.324 e. The van der Waals surface area contributed by atoms with Crippen LogP contribution in [0.1, 0.15) is 18.9 Å². The quantitative estimate of drug-likeness (QED) is 0.699. The molecule has 13 heavy (non-hydrogen) atoms. The summed E-state index contributed by atoms with van der Waals surface area (Å²) in [5, 5.41) is 0. The van der Waals surface area contributed by atoms with Crippen LogP contribution in [0.15, 0.2) is 42.5 Å². The van der Waals surface area contributed by atoms with Crippen LogP contribution < -0.4 is 5.73 Å². The summed E-state index contributed by atoms with van der Waals surface area (Å²) in [5.74, 6) is 0. The molecular formula is C12H17N. The van der Waals surface area contributed by atoms with E-state index in [0.29, 0.717) is 0 Å². The minimum atomic E-state index is 0.155. The normalized spacial score (nSPS) is 13.4. The van der Waals surface area contributed by atoms with Crippen molar-refractivity contribution >= 4 is 0 Å². The van der Waals surface area contributed by atoms with Gasteiger partial charge in [-0.3, -0.25) is 0 Å². The third-order valence-electron chi connectivity index (χ3n) is 1.93. The predicted molar refractivity (Wildman–Crippen MR) is 57.6 cm³/mol. The van der Waals surface area contributed by atoms with Crippen molar-refractivity contribution in [1.82, 2.24) is 0 Å². The molecule has 0 saturated carbocycles. The van der Waals surface area contributed by atoms with Crippen molar-refractivity contribution in [3.05, 3.63) is 48.0 Å². The minimum absolute atomic E-state index is 0.155. The fraction of sp³-hybridized carbons (Fsp3) is 0.333. The molecule has 0 heterocycles. The molecule has 1 heteroatoms. The monoisotopic (exact) mass is 175 g/mol. The Morgan fingerprint density at radius 2 is 2.00 bits per heavy atom. The van der Waals surface area contributed by atoms with Gasteiger partial charge in [0.25, 0.3) is 0 Å². The van der Waals surface area contributed by atoms with Crippen LogP contribution in [-0.2, 0) is 6.42 Å². The number of benzene rings is 1. The highest BCUT2D eigenvalue weighted by molar-refractivity contribution is 5.17. The summed E-state index contributed by atoms with van der Waals surface area (Å²) < 4.78 is 0. The molecular weight excluding hydrogens is 158 g/mol. The Hall–Kier alpha value is -1.08. The summed E-state index contributed by atoms with van der Waals surface area (Å²) >= 11 is 0. The lowest BCUT2D eigenvalue weighted by Gasteiger charge is -2.05. The smallest absolute Gasteiger partial charge is 0.0264 e. The van der Waals surface area contributed by atoms with Crippen LogP contribution in [0, 0.1) is 0 Å². The Kier molecular flexibility index (Phi) is 4.27. The van der Waals surface area contributed by atoms with Crippen LogP contribution in [0.3, 0.4) is 0 Å². The van der Waals surface area contributed by atoms with E-state index in [0.717, 1.165) is 12.8 Å². The van der Waals surface area contributed by atoms with Crippen LogP contribution >= 0.6 is 0 Å². The van der Waals surface area contributed by atoms with E-state index in [2.05, 4.69) is 31.2 Å². The molecule has 1 rings (SSSR count). The van der Waals surface area contributed by atoms with Gasteiger partial charge in [-0.1, -0.05) is 49.4 Å². The SMILES string of the molecule is CCC=CC(N)Cc1ccccc1. The topological polar surface area (TPSA) is 26.0 Å². The molecule has 0 bridgehead atoms. The van der Waals surface area contributed by atoms with E-state index >= 15 is 0 Å². The molecule has 0 saturated heterocycles. The molecule has 0 aliphatic carbocycles. The lowest BCUT2D eigenvalue weighted by atomic mass is 10.1. The van der Waals surface area contributed by atoms with Crippen molar-refractivity contribution in [2.75, 3.05) is 0 Å². The van der Waals surface area contributed by atoms with E-state index in [1.807, 2.05) is 18.2 Å². The zero-order valence-corrected chi connectivity index (χ0v) is 8.11. The zero-order chi connectivity index (χ0) is 9.52. The average molecular weight is 175 g/mol.